The summed E-state index contributed by atoms with van der Waals surface area (Å²) in [4.78, 5) is 25.1. The number of anilines is 2. The smallest absolute Gasteiger partial charge is 0.246 e. The lowest BCUT2D eigenvalue weighted by molar-refractivity contribution is -0.125. The van der Waals surface area contributed by atoms with Gasteiger partial charge in [0.1, 0.15) is 30.3 Å². The summed E-state index contributed by atoms with van der Waals surface area (Å²) < 4.78 is 11.4. The van der Waals surface area contributed by atoms with Gasteiger partial charge in [-0.2, -0.15) is 0 Å². The number of aromatic nitrogens is 3. The first-order valence-electron chi connectivity index (χ1n) is 12.8. The molecule has 1 aliphatic carbocycles. The van der Waals surface area contributed by atoms with E-state index in [2.05, 4.69) is 25.6 Å². The fourth-order valence-corrected chi connectivity index (χ4v) is 3.92. The summed E-state index contributed by atoms with van der Waals surface area (Å²) in [5.41, 5.74) is 4.65. The summed E-state index contributed by atoms with van der Waals surface area (Å²) in [6.07, 6.45) is 9.59. The van der Waals surface area contributed by atoms with Crippen molar-refractivity contribution in [2.75, 3.05) is 25.1 Å². The summed E-state index contributed by atoms with van der Waals surface area (Å²) in [5.74, 6) is 2.72. The third-order valence-corrected chi connectivity index (χ3v) is 6.22. The van der Waals surface area contributed by atoms with E-state index in [1.165, 1.54) is 12.8 Å². The summed E-state index contributed by atoms with van der Waals surface area (Å²) in [7, 11) is 0. The second-order valence-electron chi connectivity index (χ2n) is 9.51. The fraction of sp³-hybridized carbons (Fsp3) is 0.267. The van der Waals surface area contributed by atoms with E-state index in [4.69, 9.17) is 9.47 Å². The van der Waals surface area contributed by atoms with Gasteiger partial charge >= 0.3 is 0 Å². The van der Waals surface area contributed by atoms with Crippen LogP contribution in [0.15, 0.2) is 67.1 Å². The highest BCUT2D eigenvalue weighted by molar-refractivity contribution is 5.92. The Kier molecular flexibility index (Phi) is 7.89. The standard InChI is InChI=1S/C30H31N5O3/c1-20-14-24(9-12-28(20)38-25-10-5-21(2)32-16-25)35-30-26-15-22(8-11-27(26)33-19-34-30)4-3-13-31-29(36)18-37-17-23-6-7-23/h3-5,8-12,14-16,19,23H,6-7,13,17-18H2,1-2H3,(H,31,36)(H,33,34,35). The van der Waals surface area contributed by atoms with Gasteiger partial charge < -0.3 is 20.1 Å². The van der Waals surface area contributed by atoms with Gasteiger partial charge in [0.05, 0.1) is 18.3 Å². The van der Waals surface area contributed by atoms with E-state index < -0.39 is 0 Å². The molecule has 8 nitrogen and oxygen atoms in total. The molecule has 1 saturated carbocycles. The normalized spacial score (nSPS) is 13.1. The zero-order chi connectivity index (χ0) is 26.3. The Labute approximate surface area is 222 Å². The molecular weight excluding hydrogens is 478 g/mol. The van der Waals surface area contributed by atoms with E-state index in [-0.39, 0.29) is 12.5 Å². The average Bonchev–Trinajstić information content (AvgIpc) is 3.74. The van der Waals surface area contributed by atoms with E-state index in [9.17, 15) is 4.79 Å². The van der Waals surface area contributed by atoms with Crippen molar-refractivity contribution < 1.29 is 14.3 Å². The lowest BCUT2D eigenvalue weighted by Crippen LogP contribution is -2.27. The van der Waals surface area contributed by atoms with Crippen molar-refractivity contribution in [3.05, 3.63) is 84.0 Å². The minimum Gasteiger partial charge on any atom is -0.455 e. The molecule has 1 fully saturated rings. The number of carbonyl (C=O) groups excluding carboxylic acids is 1. The van der Waals surface area contributed by atoms with Crippen molar-refractivity contribution in [3.8, 4) is 11.5 Å². The number of nitrogens with one attached hydrogen (secondary N) is 2. The van der Waals surface area contributed by atoms with Gasteiger partial charge in [-0.05, 0) is 86.2 Å². The number of benzene rings is 2. The van der Waals surface area contributed by atoms with Gasteiger partial charge in [0.2, 0.25) is 5.91 Å². The zero-order valence-electron chi connectivity index (χ0n) is 21.6. The van der Waals surface area contributed by atoms with Gasteiger partial charge in [0.15, 0.2) is 0 Å². The van der Waals surface area contributed by atoms with Crippen LogP contribution in [0, 0.1) is 19.8 Å². The van der Waals surface area contributed by atoms with Crippen LogP contribution in [0.25, 0.3) is 17.0 Å². The van der Waals surface area contributed by atoms with E-state index in [0.29, 0.717) is 30.6 Å². The Morgan fingerprint density at radius 2 is 1.95 bits per heavy atom. The Hall–Kier alpha value is -4.30. The number of pyridine rings is 1. The highest BCUT2D eigenvalue weighted by Gasteiger charge is 2.21. The number of fused-ring (bicyclic) bond motifs is 1. The van der Waals surface area contributed by atoms with Gasteiger partial charge in [-0.15, -0.1) is 0 Å². The van der Waals surface area contributed by atoms with Crippen molar-refractivity contribution in [1.29, 1.82) is 0 Å². The molecule has 8 heteroatoms. The predicted molar refractivity (Wildman–Crippen MR) is 149 cm³/mol. The molecule has 0 aliphatic heterocycles. The molecule has 2 aromatic carbocycles. The molecule has 2 aromatic heterocycles. The van der Waals surface area contributed by atoms with Crippen molar-refractivity contribution in [3.63, 3.8) is 0 Å². The number of hydrogen-bond donors (Lipinski definition) is 2. The van der Waals surface area contributed by atoms with Crippen LogP contribution in [-0.4, -0.2) is 40.6 Å². The minimum absolute atomic E-state index is 0.101. The SMILES string of the molecule is Cc1ccc(Oc2ccc(Nc3ncnc4ccc(C=CCNC(=O)COCC5CC5)cc34)cc2C)cn1. The first-order chi connectivity index (χ1) is 18.5. The number of rotatable bonds is 11. The summed E-state index contributed by atoms with van der Waals surface area (Å²) in [5, 5.41) is 7.17. The van der Waals surface area contributed by atoms with Crippen LogP contribution in [0.4, 0.5) is 11.5 Å². The van der Waals surface area contributed by atoms with E-state index in [0.717, 1.165) is 39.2 Å². The number of amides is 1. The Morgan fingerprint density at radius 1 is 1.05 bits per heavy atom. The third kappa shape index (κ3) is 6.92. The molecule has 0 radical (unpaired) electrons. The number of carbonyl (C=O) groups is 1. The molecule has 1 amide bonds. The Bertz CT molecular complexity index is 1450. The lowest BCUT2D eigenvalue weighted by atomic mass is 10.1. The van der Waals surface area contributed by atoms with Gasteiger partial charge in [-0.25, -0.2) is 9.97 Å². The summed E-state index contributed by atoms with van der Waals surface area (Å²) in [6, 6.07) is 15.7. The van der Waals surface area contributed by atoms with Gasteiger partial charge in [-0.1, -0.05) is 18.2 Å². The molecule has 2 heterocycles. The van der Waals surface area contributed by atoms with E-state index in [1.54, 1.807) is 12.5 Å². The van der Waals surface area contributed by atoms with Crippen LogP contribution >= 0.6 is 0 Å². The lowest BCUT2D eigenvalue weighted by Gasteiger charge is -2.12. The third-order valence-electron chi connectivity index (χ3n) is 6.22. The van der Waals surface area contributed by atoms with Crippen LogP contribution in [0.5, 0.6) is 11.5 Å². The summed E-state index contributed by atoms with van der Waals surface area (Å²) in [6.45, 7) is 5.18. The number of aryl methyl sites for hydroxylation is 2. The molecule has 1 aliphatic rings. The highest BCUT2D eigenvalue weighted by atomic mass is 16.5. The number of ether oxygens (including phenoxy) is 2. The predicted octanol–water partition coefficient (Wildman–Crippen LogP) is 5.73. The molecule has 4 aromatic rings. The molecule has 0 saturated heterocycles. The van der Waals surface area contributed by atoms with Crippen LogP contribution in [0.3, 0.4) is 0 Å². The first kappa shape index (κ1) is 25.4. The molecule has 5 rings (SSSR count). The Balaban J connectivity index is 1.22. The van der Waals surface area contributed by atoms with E-state index >= 15 is 0 Å². The van der Waals surface area contributed by atoms with Crippen LogP contribution in [0.1, 0.15) is 29.7 Å². The van der Waals surface area contributed by atoms with Crippen LogP contribution in [0.2, 0.25) is 0 Å². The van der Waals surface area contributed by atoms with Crippen molar-refractivity contribution >= 4 is 34.4 Å². The first-order valence-corrected chi connectivity index (χ1v) is 12.8. The zero-order valence-corrected chi connectivity index (χ0v) is 21.6. The maximum Gasteiger partial charge on any atom is 0.246 e. The maximum atomic E-state index is 11.9. The molecular formula is C30H31N5O3. The van der Waals surface area contributed by atoms with E-state index in [1.807, 2.05) is 74.5 Å². The quantitative estimate of drug-likeness (QED) is 0.266. The highest BCUT2D eigenvalue weighted by Crippen LogP contribution is 2.30. The molecule has 194 valence electrons. The molecule has 38 heavy (non-hydrogen) atoms. The molecule has 0 unspecified atom stereocenters. The minimum atomic E-state index is -0.101. The fourth-order valence-electron chi connectivity index (χ4n) is 3.92. The van der Waals surface area contributed by atoms with Crippen molar-refractivity contribution in [2.24, 2.45) is 5.92 Å². The topological polar surface area (TPSA) is 98.3 Å². The molecule has 2 N–H and O–H groups in total. The van der Waals surface area contributed by atoms with Crippen LogP contribution < -0.4 is 15.4 Å². The molecule has 0 bridgehead atoms. The Morgan fingerprint density at radius 3 is 2.74 bits per heavy atom. The second kappa shape index (κ2) is 11.8. The van der Waals surface area contributed by atoms with Crippen molar-refractivity contribution in [1.82, 2.24) is 20.3 Å². The molecule has 0 spiro atoms. The summed E-state index contributed by atoms with van der Waals surface area (Å²) >= 11 is 0. The van der Waals surface area contributed by atoms with Gasteiger partial charge in [-0.3, -0.25) is 9.78 Å². The number of nitrogens with zero attached hydrogens (tertiary/aromatic N) is 3. The van der Waals surface area contributed by atoms with Gasteiger partial charge in [0.25, 0.3) is 0 Å². The largest absolute Gasteiger partial charge is 0.455 e. The van der Waals surface area contributed by atoms with Crippen LogP contribution in [-0.2, 0) is 9.53 Å². The second-order valence-corrected chi connectivity index (χ2v) is 9.51. The maximum absolute atomic E-state index is 11.9. The van der Waals surface area contributed by atoms with Gasteiger partial charge in [0, 0.05) is 23.3 Å². The monoisotopic (exact) mass is 509 g/mol. The number of hydrogen-bond acceptors (Lipinski definition) is 7. The molecule has 0 atom stereocenters. The van der Waals surface area contributed by atoms with Crippen molar-refractivity contribution in [2.45, 2.75) is 26.7 Å². The average molecular weight is 510 g/mol.